The molecule has 0 unspecified atom stereocenters. The van der Waals surface area contributed by atoms with E-state index in [0.717, 1.165) is 0 Å². The molecule has 3 heteroatoms. The maximum Gasteiger partial charge on any atom is 0.161 e. The van der Waals surface area contributed by atoms with Crippen LogP contribution in [0.3, 0.4) is 0 Å². The van der Waals surface area contributed by atoms with Crippen molar-refractivity contribution in [1.29, 1.82) is 0 Å². The molecule has 2 N–H and O–H groups in total. The molecule has 0 aromatic heterocycles. The molecule has 0 aliphatic heterocycles. The van der Waals surface area contributed by atoms with E-state index in [1.807, 2.05) is 0 Å². The van der Waals surface area contributed by atoms with Gasteiger partial charge in [-0.15, -0.1) is 0 Å². The molecule has 0 amide bonds. The van der Waals surface area contributed by atoms with Gasteiger partial charge < -0.3 is 10.2 Å². The van der Waals surface area contributed by atoms with Crippen molar-refractivity contribution in [3.63, 3.8) is 0 Å². The first-order valence-electron chi connectivity index (χ1n) is 4.04. The number of carbonyl (C=O) groups excluding carboxylic acids is 1. The molecule has 2 atom stereocenters. The van der Waals surface area contributed by atoms with E-state index in [1.54, 1.807) is 30.3 Å². The summed E-state index contributed by atoms with van der Waals surface area (Å²) in [5.74, 6) is -0.434. The lowest BCUT2D eigenvalue weighted by Crippen LogP contribution is -2.25. The topological polar surface area (TPSA) is 57.5 Å². The van der Waals surface area contributed by atoms with E-state index in [-0.39, 0.29) is 0 Å². The minimum absolute atomic E-state index is 0.434. The molecule has 0 aliphatic carbocycles. The van der Waals surface area contributed by atoms with Crippen LogP contribution in [-0.4, -0.2) is 22.1 Å². The average molecular weight is 180 g/mol. The van der Waals surface area contributed by atoms with Crippen LogP contribution in [0.15, 0.2) is 30.3 Å². The second kappa shape index (κ2) is 4.16. The van der Waals surface area contributed by atoms with Crippen LogP contribution in [0.25, 0.3) is 0 Å². The molecule has 0 fully saturated rings. The zero-order valence-electron chi connectivity index (χ0n) is 7.34. The smallest absolute Gasteiger partial charge is 0.161 e. The summed E-state index contributed by atoms with van der Waals surface area (Å²) < 4.78 is 0. The molecular weight excluding hydrogens is 168 g/mol. The molecular formula is C10H12O3. The average Bonchev–Trinajstić information content (AvgIpc) is 2.17. The van der Waals surface area contributed by atoms with Crippen LogP contribution in [0.5, 0.6) is 0 Å². The van der Waals surface area contributed by atoms with Crippen molar-refractivity contribution < 1.29 is 15.0 Å². The molecule has 1 aromatic rings. The van der Waals surface area contributed by atoms with Crippen LogP contribution in [0.4, 0.5) is 0 Å². The van der Waals surface area contributed by atoms with Crippen LogP contribution >= 0.6 is 0 Å². The third-order valence-corrected chi connectivity index (χ3v) is 1.86. The van der Waals surface area contributed by atoms with Crippen molar-refractivity contribution >= 4 is 5.78 Å². The molecule has 0 heterocycles. The molecule has 1 aromatic carbocycles. The Morgan fingerprint density at radius 2 is 1.77 bits per heavy atom. The van der Waals surface area contributed by atoms with E-state index in [0.29, 0.717) is 5.56 Å². The van der Waals surface area contributed by atoms with E-state index in [1.165, 1.54) is 6.92 Å². The van der Waals surface area contributed by atoms with Gasteiger partial charge in [0.05, 0.1) is 0 Å². The van der Waals surface area contributed by atoms with Crippen LogP contribution < -0.4 is 0 Å². The van der Waals surface area contributed by atoms with Gasteiger partial charge in [0.1, 0.15) is 12.2 Å². The molecule has 13 heavy (non-hydrogen) atoms. The van der Waals surface area contributed by atoms with Crippen molar-refractivity contribution in [3.8, 4) is 0 Å². The lowest BCUT2D eigenvalue weighted by Gasteiger charge is -2.14. The normalized spacial score (nSPS) is 15.0. The number of benzene rings is 1. The van der Waals surface area contributed by atoms with Gasteiger partial charge in [0.2, 0.25) is 0 Å². The number of aliphatic hydroxyl groups is 2. The van der Waals surface area contributed by atoms with Crippen molar-refractivity contribution in [2.75, 3.05) is 0 Å². The van der Waals surface area contributed by atoms with Gasteiger partial charge in [-0.2, -0.15) is 0 Å². The predicted octanol–water partition coefficient (Wildman–Crippen LogP) is 0.670. The van der Waals surface area contributed by atoms with Gasteiger partial charge in [0.15, 0.2) is 5.78 Å². The summed E-state index contributed by atoms with van der Waals surface area (Å²) in [6.07, 6.45) is -2.46. The van der Waals surface area contributed by atoms with Crippen LogP contribution in [0, 0.1) is 0 Å². The van der Waals surface area contributed by atoms with E-state index >= 15 is 0 Å². The molecule has 0 saturated heterocycles. The Morgan fingerprint density at radius 1 is 1.23 bits per heavy atom. The zero-order valence-corrected chi connectivity index (χ0v) is 7.34. The lowest BCUT2D eigenvalue weighted by atomic mass is 10.0. The fourth-order valence-corrected chi connectivity index (χ4v) is 1.05. The molecule has 0 radical (unpaired) electrons. The van der Waals surface area contributed by atoms with Gasteiger partial charge in [-0.25, -0.2) is 0 Å². The Labute approximate surface area is 76.6 Å². The molecule has 1 rings (SSSR count). The summed E-state index contributed by atoms with van der Waals surface area (Å²) in [6.45, 7) is 1.25. The monoisotopic (exact) mass is 180 g/mol. The number of hydrogen-bond donors (Lipinski definition) is 2. The molecule has 0 bridgehead atoms. The Bertz CT molecular complexity index is 281. The summed E-state index contributed by atoms with van der Waals surface area (Å²) in [4.78, 5) is 10.7. The van der Waals surface area contributed by atoms with Crippen molar-refractivity contribution in [3.05, 3.63) is 35.9 Å². The quantitative estimate of drug-likeness (QED) is 0.718. The summed E-state index contributed by atoms with van der Waals surface area (Å²) in [5.41, 5.74) is 0.546. The highest BCUT2D eigenvalue weighted by atomic mass is 16.3. The van der Waals surface area contributed by atoms with Gasteiger partial charge in [0, 0.05) is 0 Å². The maximum atomic E-state index is 10.7. The Balaban J connectivity index is 2.79. The molecule has 0 spiro atoms. The lowest BCUT2D eigenvalue weighted by molar-refractivity contribution is -0.130. The van der Waals surface area contributed by atoms with Crippen LogP contribution in [0.1, 0.15) is 18.6 Å². The van der Waals surface area contributed by atoms with Gasteiger partial charge in [-0.1, -0.05) is 30.3 Å². The molecule has 3 nitrogen and oxygen atoms in total. The van der Waals surface area contributed by atoms with Crippen molar-refractivity contribution in [2.45, 2.75) is 19.1 Å². The van der Waals surface area contributed by atoms with E-state index < -0.39 is 18.0 Å². The fourth-order valence-electron chi connectivity index (χ4n) is 1.05. The third kappa shape index (κ3) is 2.37. The van der Waals surface area contributed by atoms with Gasteiger partial charge >= 0.3 is 0 Å². The van der Waals surface area contributed by atoms with E-state index in [9.17, 15) is 15.0 Å². The highest BCUT2D eigenvalue weighted by Crippen LogP contribution is 2.16. The number of rotatable bonds is 3. The summed E-state index contributed by atoms with van der Waals surface area (Å²) in [7, 11) is 0. The zero-order chi connectivity index (χ0) is 9.84. The first-order chi connectivity index (χ1) is 6.13. The molecule has 0 saturated carbocycles. The Kier molecular flexibility index (Phi) is 3.17. The second-order valence-electron chi connectivity index (χ2n) is 2.91. The van der Waals surface area contributed by atoms with Gasteiger partial charge in [0.25, 0.3) is 0 Å². The number of hydrogen-bond acceptors (Lipinski definition) is 3. The minimum Gasteiger partial charge on any atom is -0.385 e. The number of aliphatic hydroxyl groups excluding tert-OH is 2. The summed E-state index contributed by atoms with van der Waals surface area (Å²) in [6, 6.07) is 8.61. The second-order valence-corrected chi connectivity index (χ2v) is 2.91. The van der Waals surface area contributed by atoms with E-state index in [4.69, 9.17) is 0 Å². The van der Waals surface area contributed by atoms with Crippen molar-refractivity contribution in [2.24, 2.45) is 0 Å². The largest absolute Gasteiger partial charge is 0.385 e. The Hall–Kier alpha value is -1.19. The Morgan fingerprint density at radius 3 is 2.23 bits per heavy atom. The fraction of sp³-hybridized carbons (Fsp3) is 0.300. The highest BCUT2D eigenvalue weighted by molar-refractivity contribution is 5.80. The van der Waals surface area contributed by atoms with Crippen LogP contribution in [-0.2, 0) is 4.79 Å². The van der Waals surface area contributed by atoms with Gasteiger partial charge in [-0.3, -0.25) is 4.79 Å². The molecule has 0 aliphatic rings. The van der Waals surface area contributed by atoms with Crippen molar-refractivity contribution in [1.82, 2.24) is 0 Å². The highest BCUT2D eigenvalue weighted by Gasteiger charge is 2.21. The summed E-state index contributed by atoms with van der Waals surface area (Å²) in [5, 5.41) is 18.7. The minimum atomic E-state index is -1.33. The first kappa shape index (κ1) is 9.89. The number of ketones is 1. The van der Waals surface area contributed by atoms with Crippen LogP contribution in [0.2, 0.25) is 0 Å². The first-order valence-corrected chi connectivity index (χ1v) is 4.04. The summed E-state index contributed by atoms with van der Waals surface area (Å²) >= 11 is 0. The SMILES string of the molecule is CC(=O)[C@H](O)[C@H](O)c1ccccc1. The van der Waals surface area contributed by atoms with Gasteiger partial charge in [-0.05, 0) is 12.5 Å². The number of Topliss-reactive ketones (excluding diaryl/α,β-unsaturated/α-hetero) is 1. The number of carbonyl (C=O) groups is 1. The maximum absolute atomic E-state index is 10.7. The third-order valence-electron chi connectivity index (χ3n) is 1.86. The standard InChI is InChI=1S/C10H12O3/c1-7(11)9(12)10(13)8-5-3-2-4-6-8/h2-6,9-10,12-13H,1H3/t9-,10+/m0/s1. The molecule has 70 valence electrons. The van der Waals surface area contributed by atoms with E-state index in [2.05, 4.69) is 0 Å². The predicted molar refractivity (Wildman–Crippen MR) is 48.1 cm³/mol.